The van der Waals surface area contributed by atoms with Gasteiger partial charge < -0.3 is 4.90 Å². The third-order valence-corrected chi connectivity index (χ3v) is 3.78. The second kappa shape index (κ2) is 7.63. The first kappa shape index (κ1) is 16.2. The highest BCUT2D eigenvalue weighted by Crippen LogP contribution is 2.16. The lowest BCUT2D eigenvalue weighted by atomic mass is 10.1. The van der Waals surface area contributed by atoms with E-state index in [0.29, 0.717) is 6.04 Å². The number of alkyl halides is 1. The molecule has 0 aromatic carbocycles. The summed E-state index contributed by atoms with van der Waals surface area (Å²) in [4.78, 5) is 19.0. The average molecular weight is 327 g/mol. The smallest absolute Gasteiger partial charge is 0.255 e. The zero-order valence-electron chi connectivity index (χ0n) is 12.2. The van der Waals surface area contributed by atoms with Gasteiger partial charge in [-0.15, -0.1) is 0 Å². The lowest BCUT2D eigenvalue weighted by Crippen LogP contribution is -2.41. The van der Waals surface area contributed by atoms with Gasteiger partial charge in [0.15, 0.2) is 0 Å². The molecule has 0 saturated carbocycles. The Hall–Kier alpha value is -0.900. The van der Waals surface area contributed by atoms with Crippen molar-refractivity contribution in [2.45, 2.75) is 46.6 Å². The molecule has 19 heavy (non-hydrogen) atoms. The molecule has 0 aliphatic rings. The Morgan fingerprint density at radius 2 is 1.95 bits per heavy atom. The summed E-state index contributed by atoms with van der Waals surface area (Å²) in [5, 5.41) is 0.799. The molecule has 1 aromatic heterocycles. The van der Waals surface area contributed by atoms with Gasteiger partial charge in [0.2, 0.25) is 0 Å². The van der Waals surface area contributed by atoms with Gasteiger partial charge in [0.25, 0.3) is 5.91 Å². The van der Waals surface area contributed by atoms with Gasteiger partial charge in [0, 0.05) is 23.6 Å². The molecule has 0 spiro atoms. The maximum absolute atomic E-state index is 12.7. The van der Waals surface area contributed by atoms with Gasteiger partial charge in [-0.2, -0.15) is 0 Å². The molecule has 0 fully saturated rings. The van der Waals surface area contributed by atoms with Crippen molar-refractivity contribution < 1.29 is 4.79 Å². The fraction of sp³-hybridized carbons (Fsp3) is 0.600. The van der Waals surface area contributed by atoms with Crippen LogP contribution in [0.2, 0.25) is 0 Å². The van der Waals surface area contributed by atoms with E-state index in [9.17, 15) is 4.79 Å². The van der Waals surface area contributed by atoms with E-state index in [-0.39, 0.29) is 5.91 Å². The van der Waals surface area contributed by atoms with E-state index in [1.54, 1.807) is 0 Å². The van der Waals surface area contributed by atoms with Gasteiger partial charge in [-0.1, -0.05) is 29.8 Å². The molecule has 0 saturated heterocycles. The summed E-state index contributed by atoms with van der Waals surface area (Å²) < 4.78 is 0. The number of nitrogens with zero attached hydrogens (tertiary/aromatic N) is 2. The van der Waals surface area contributed by atoms with Crippen molar-refractivity contribution in [2.24, 2.45) is 0 Å². The molecule has 3 nitrogen and oxygen atoms in total. The molecular formula is C15H23BrN2O. The summed E-state index contributed by atoms with van der Waals surface area (Å²) in [5.74, 6) is 0.0955. The van der Waals surface area contributed by atoms with Crippen molar-refractivity contribution in [2.75, 3.05) is 11.9 Å². The maximum Gasteiger partial charge on any atom is 0.255 e. The summed E-state index contributed by atoms with van der Waals surface area (Å²) in [7, 11) is 0. The van der Waals surface area contributed by atoms with Crippen LogP contribution in [0.5, 0.6) is 0 Å². The SMILES string of the molecule is CCC(CC)N(CCBr)C(=O)c1ccc(C)nc1C. The topological polar surface area (TPSA) is 33.2 Å². The van der Waals surface area contributed by atoms with Crippen molar-refractivity contribution in [1.29, 1.82) is 0 Å². The molecule has 4 heteroatoms. The molecule has 0 bridgehead atoms. The summed E-state index contributed by atoms with van der Waals surface area (Å²) in [6.07, 6.45) is 1.96. The van der Waals surface area contributed by atoms with Crippen LogP contribution in [0.25, 0.3) is 0 Å². The largest absolute Gasteiger partial charge is 0.335 e. The minimum atomic E-state index is 0.0955. The minimum Gasteiger partial charge on any atom is -0.335 e. The Balaban J connectivity index is 3.04. The number of halogens is 1. The molecule has 1 amide bonds. The number of hydrogen-bond acceptors (Lipinski definition) is 2. The van der Waals surface area contributed by atoms with Crippen LogP contribution in [0.1, 0.15) is 48.4 Å². The molecule has 0 aliphatic carbocycles. The molecule has 0 radical (unpaired) electrons. The molecule has 0 aliphatic heterocycles. The Kier molecular flexibility index (Phi) is 6.49. The number of pyridine rings is 1. The number of carbonyl (C=O) groups is 1. The van der Waals surface area contributed by atoms with E-state index in [4.69, 9.17) is 0 Å². The molecule has 106 valence electrons. The first-order chi connectivity index (χ1) is 9.04. The lowest BCUT2D eigenvalue weighted by molar-refractivity contribution is 0.0681. The summed E-state index contributed by atoms with van der Waals surface area (Å²) in [5.41, 5.74) is 2.48. The Morgan fingerprint density at radius 1 is 1.32 bits per heavy atom. The van der Waals surface area contributed by atoms with Crippen molar-refractivity contribution in [3.05, 3.63) is 29.1 Å². The highest BCUT2D eigenvalue weighted by Gasteiger charge is 2.23. The van der Waals surface area contributed by atoms with Crippen LogP contribution in [0.3, 0.4) is 0 Å². The second-order valence-corrected chi connectivity index (χ2v) is 5.54. The standard InChI is InChI=1S/C15H23BrN2O/c1-5-13(6-2)18(10-9-16)15(19)14-8-7-11(3)17-12(14)4/h7-8,13H,5-6,9-10H2,1-4H3. The predicted molar refractivity (Wildman–Crippen MR) is 82.9 cm³/mol. The third kappa shape index (κ3) is 4.03. The quantitative estimate of drug-likeness (QED) is 0.746. The van der Waals surface area contributed by atoms with Crippen molar-refractivity contribution in [1.82, 2.24) is 9.88 Å². The van der Waals surface area contributed by atoms with Crippen LogP contribution < -0.4 is 0 Å². The van der Waals surface area contributed by atoms with E-state index in [2.05, 4.69) is 34.8 Å². The number of carbonyl (C=O) groups excluding carboxylic acids is 1. The van der Waals surface area contributed by atoms with Gasteiger partial charge in [0.1, 0.15) is 0 Å². The first-order valence-corrected chi connectivity index (χ1v) is 7.98. The molecule has 1 rings (SSSR count). The molecular weight excluding hydrogens is 304 g/mol. The zero-order valence-corrected chi connectivity index (χ0v) is 13.8. The van der Waals surface area contributed by atoms with Gasteiger partial charge in [-0.3, -0.25) is 9.78 Å². The van der Waals surface area contributed by atoms with Crippen LogP contribution >= 0.6 is 15.9 Å². The minimum absolute atomic E-state index is 0.0955. The predicted octanol–water partition coefficient (Wildman–Crippen LogP) is 3.72. The molecule has 1 heterocycles. The number of rotatable bonds is 6. The normalized spacial score (nSPS) is 10.8. The second-order valence-electron chi connectivity index (χ2n) is 4.74. The summed E-state index contributed by atoms with van der Waals surface area (Å²) >= 11 is 3.44. The van der Waals surface area contributed by atoms with Crippen LogP contribution in [0.15, 0.2) is 12.1 Å². The average Bonchev–Trinajstić information content (AvgIpc) is 2.38. The first-order valence-electron chi connectivity index (χ1n) is 6.86. The summed E-state index contributed by atoms with van der Waals surface area (Å²) in [6, 6.07) is 4.09. The molecule has 0 atom stereocenters. The van der Waals surface area contributed by atoms with Crippen molar-refractivity contribution >= 4 is 21.8 Å². The Morgan fingerprint density at radius 3 is 2.42 bits per heavy atom. The van der Waals surface area contributed by atoms with Crippen LogP contribution in [-0.4, -0.2) is 33.7 Å². The monoisotopic (exact) mass is 326 g/mol. The van der Waals surface area contributed by atoms with Gasteiger partial charge in [-0.25, -0.2) is 0 Å². The fourth-order valence-corrected chi connectivity index (χ4v) is 2.72. The molecule has 0 N–H and O–H groups in total. The maximum atomic E-state index is 12.7. The van der Waals surface area contributed by atoms with Crippen LogP contribution in [0, 0.1) is 13.8 Å². The van der Waals surface area contributed by atoms with Crippen LogP contribution in [0.4, 0.5) is 0 Å². The Labute approximate surface area is 124 Å². The van der Waals surface area contributed by atoms with E-state index >= 15 is 0 Å². The van der Waals surface area contributed by atoms with Crippen molar-refractivity contribution in [3.63, 3.8) is 0 Å². The van der Waals surface area contributed by atoms with Gasteiger partial charge in [-0.05, 0) is 38.8 Å². The molecule has 0 unspecified atom stereocenters. The lowest BCUT2D eigenvalue weighted by Gasteiger charge is -2.30. The van der Waals surface area contributed by atoms with Gasteiger partial charge in [0.05, 0.1) is 11.3 Å². The highest BCUT2D eigenvalue weighted by molar-refractivity contribution is 9.09. The fourth-order valence-electron chi connectivity index (χ4n) is 2.34. The third-order valence-electron chi connectivity index (χ3n) is 3.43. The summed E-state index contributed by atoms with van der Waals surface area (Å²) in [6.45, 7) is 8.84. The van der Waals surface area contributed by atoms with E-state index in [1.807, 2.05) is 30.9 Å². The molecule has 1 aromatic rings. The van der Waals surface area contributed by atoms with E-state index in [0.717, 1.165) is 41.7 Å². The van der Waals surface area contributed by atoms with Crippen molar-refractivity contribution in [3.8, 4) is 0 Å². The number of aromatic nitrogens is 1. The Bertz CT molecular complexity index is 430. The zero-order chi connectivity index (χ0) is 14.4. The van der Waals surface area contributed by atoms with Crippen LogP contribution in [-0.2, 0) is 0 Å². The number of aryl methyl sites for hydroxylation is 2. The van der Waals surface area contributed by atoms with E-state index < -0.39 is 0 Å². The van der Waals surface area contributed by atoms with E-state index in [1.165, 1.54) is 0 Å². The number of hydrogen-bond donors (Lipinski definition) is 0. The van der Waals surface area contributed by atoms with Gasteiger partial charge >= 0.3 is 0 Å². The number of amides is 1. The highest BCUT2D eigenvalue weighted by atomic mass is 79.9.